The van der Waals surface area contributed by atoms with Crippen molar-refractivity contribution < 1.29 is 4.79 Å². The molecule has 2 nitrogen and oxygen atoms in total. The van der Waals surface area contributed by atoms with Crippen molar-refractivity contribution in [1.29, 1.82) is 0 Å². The molecule has 0 N–H and O–H groups in total. The highest BCUT2D eigenvalue weighted by molar-refractivity contribution is 7.98. The van der Waals surface area contributed by atoms with Gasteiger partial charge in [-0.15, -0.1) is 23.4 Å². The first-order chi connectivity index (χ1) is 9.67. The smallest absolute Gasteiger partial charge is 0.255 e. The number of carbonyl (C=O) groups excluding carboxylic acids is 1. The second kappa shape index (κ2) is 7.58. The van der Waals surface area contributed by atoms with Crippen LogP contribution < -0.4 is 0 Å². The first-order valence-corrected chi connectivity index (χ1v) is 9.01. The highest BCUT2D eigenvalue weighted by Crippen LogP contribution is 2.28. The van der Waals surface area contributed by atoms with E-state index in [0.29, 0.717) is 16.5 Å². The number of carbonyl (C=O) groups is 1. The van der Waals surface area contributed by atoms with E-state index in [1.807, 2.05) is 23.3 Å². The van der Waals surface area contributed by atoms with E-state index in [2.05, 4.69) is 0 Å². The summed E-state index contributed by atoms with van der Waals surface area (Å²) in [6, 6.07) is 5.89. The van der Waals surface area contributed by atoms with Crippen LogP contribution in [0.3, 0.4) is 0 Å². The monoisotopic (exact) mass is 331 g/mol. The minimum Gasteiger partial charge on any atom is -0.336 e. The minimum atomic E-state index is 0.0423. The van der Waals surface area contributed by atoms with Crippen LogP contribution in [-0.2, 0) is 0 Å². The van der Waals surface area contributed by atoms with Crippen LogP contribution in [0.25, 0.3) is 0 Å². The fourth-order valence-electron chi connectivity index (χ4n) is 2.64. The van der Waals surface area contributed by atoms with Crippen molar-refractivity contribution in [3.05, 3.63) is 28.8 Å². The maximum Gasteiger partial charge on any atom is 0.255 e. The lowest BCUT2D eigenvalue weighted by atomic mass is 9.99. The van der Waals surface area contributed by atoms with Crippen LogP contribution in [0.5, 0.6) is 0 Å². The molecule has 0 aromatic heterocycles. The number of thioether (sulfide) groups is 1. The van der Waals surface area contributed by atoms with Gasteiger partial charge in [0.05, 0.1) is 10.6 Å². The summed E-state index contributed by atoms with van der Waals surface area (Å²) in [5, 5.41) is 0.531. The van der Waals surface area contributed by atoms with E-state index < -0.39 is 0 Å². The summed E-state index contributed by atoms with van der Waals surface area (Å²) in [5.41, 5.74) is 0.611. The predicted molar refractivity (Wildman–Crippen MR) is 87.2 cm³/mol. The third-order valence-electron chi connectivity index (χ3n) is 3.73. The summed E-state index contributed by atoms with van der Waals surface area (Å²) in [5.74, 6) is 0.633. The Kier molecular flexibility index (Phi) is 6.06. The van der Waals surface area contributed by atoms with Gasteiger partial charge in [0, 0.05) is 23.4 Å². The summed E-state index contributed by atoms with van der Waals surface area (Å²) < 4.78 is 0. The van der Waals surface area contributed by atoms with Gasteiger partial charge in [-0.2, -0.15) is 0 Å². The molecule has 1 atom stereocenters. The van der Waals surface area contributed by atoms with Gasteiger partial charge in [0.15, 0.2) is 0 Å². The highest BCUT2D eigenvalue weighted by atomic mass is 35.5. The molecule has 1 fully saturated rings. The Bertz CT molecular complexity index is 479. The van der Waals surface area contributed by atoms with Crippen molar-refractivity contribution in [3.63, 3.8) is 0 Å². The van der Waals surface area contributed by atoms with Crippen molar-refractivity contribution >= 4 is 40.9 Å². The molecule has 0 spiro atoms. The van der Waals surface area contributed by atoms with Crippen LogP contribution in [0.1, 0.15) is 36.0 Å². The van der Waals surface area contributed by atoms with Gasteiger partial charge < -0.3 is 4.90 Å². The Morgan fingerprint density at radius 3 is 2.95 bits per heavy atom. The van der Waals surface area contributed by atoms with E-state index in [4.69, 9.17) is 23.2 Å². The number of amides is 1. The Labute approximate surface area is 134 Å². The van der Waals surface area contributed by atoms with Crippen LogP contribution in [0.15, 0.2) is 23.1 Å². The van der Waals surface area contributed by atoms with Crippen molar-refractivity contribution in [2.45, 2.75) is 36.6 Å². The number of benzene rings is 1. The maximum absolute atomic E-state index is 12.8. The minimum absolute atomic E-state index is 0.0423. The van der Waals surface area contributed by atoms with Crippen molar-refractivity contribution in [2.75, 3.05) is 18.7 Å². The zero-order chi connectivity index (χ0) is 14.5. The average Bonchev–Trinajstić information content (AvgIpc) is 2.48. The van der Waals surface area contributed by atoms with Gasteiger partial charge in [0.2, 0.25) is 0 Å². The summed E-state index contributed by atoms with van der Waals surface area (Å²) in [4.78, 5) is 15.8. The van der Waals surface area contributed by atoms with Crippen LogP contribution in [0.2, 0.25) is 5.02 Å². The summed E-state index contributed by atoms with van der Waals surface area (Å²) >= 11 is 13.7. The van der Waals surface area contributed by atoms with Gasteiger partial charge in [-0.1, -0.05) is 11.6 Å². The molecule has 1 aromatic rings. The maximum atomic E-state index is 12.8. The van der Waals surface area contributed by atoms with Gasteiger partial charge in [-0.3, -0.25) is 4.79 Å². The van der Waals surface area contributed by atoms with E-state index >= 15 is 0 Å². The third kappa shape index (κ3) is 3.63. The third-order valence-corrected chi connectivity index (χ3v) is 5.01. The van der Waals surface area contributed by atoms with Crippen molar-refractivity contribution in [1.82, 2.24) is 4.90 Å². The van der Waals surface area contributed by atoms with Gasteiger partial charge >= 0.3 is 0 Å². The molecule has 2 rings (SSSR count). The molecule has 1 aliphatic rings. The summed E-state index contributed by atoms with van der Waals surface area (Å²) in [6.45, 7) is 0.806. The zero-order valence-corrected chi connectivity index (χ0v) is 13.9. The number of hydrogen-bond donors (Lipinski definition) is 0. The van der Waals surface area contributed by atoms with Crippen LogP contribution in [0, 0.1) is 0 Å². The molecular weight excluding hydrogens is 313 g/mol. The van der Waals surface area contributed by atoms with Crippen LogP contribution in [0.4, 0.5) is 0 Å². The van der Waals surface area contributed by atoms with E-state index in [9.17, 15) is 4.79 Å². The first-order valence-electron chi connectivity index (χ1n) is 6.88. The van der Waals surface area contributed by atoms with Gasteiger partial charge in [0.25, 0.3) is 5.91 Å². The number of piperidine rings is 1. The normalized spacial score (nSPS) is 19.1. The van der Waals surface area contributed by atoms with Gasteiger partial charge in [-0.25, -0.2) is 0 Å². The number of halogens is 2. The molecule has 1 heterocycles. The number of likely N-dealkylation sites (tertiary alicyclic amines) is 1. The van der Waals surface area contributed by atoms with E-state index in [0.717, 1.165) is 30.7 Å². The lowest BCUT2D eigenvalue weighted by Crippen LogP contribution is -2.44. The number of nitrogens with zero attached hydrogens (tertiary/aromatic N) is 1. The number of rotatable bonds is 4. The Hall–Kier alpha value is -0.380. The topological polar surface area (TPSA) is 20.3 Å². The second-order valence-electron chi connectivity index (χ2n) is 4.97. The fraction of sp³-hybridized carbons (Fsp3) is 0.533. The highest BCUT2D eigenvalue weighted by Gasteiger charge is 2.28. The molecule has 1 amide bonds. The number of alkyl halides is 1. The van der Waals surface area contributed by atoms with E-state index in [1.165, 1.54) is 6.42 Å². The molecule has 110 valence electrons. The zero-order valence-electron chi connectivity index (χ0n) is 11.6. The summed E-state index contributed by atoms with van der Waals surface area (Å²) in [7, 11) is 0. The number of hydrogen-bond acceptors (Lipinski definition) is 2. The Morgan fingerprint density at radius 1 is 1.45 bits per heavy atom. The molecule has 20 heavy (non-hydrogen) atoms. The largest absolute Gasteiger partial charge is 0.336 e. The molecule has 1 aliphatic heterocycles. The molecule has 0 bridgehead atoms. The second-order valence-corrected chi connectivity index (χ2v) is 6.64. The van der Waals surface area contributed by atoms with Crippen LogP contribution in [-0.4, -0.2) is 35.5 Å². The average molecular weight is 332 g/mol. The van der Waals surface area contributed by atoms with E-state index in [-0.39, 0.29) is 11.9 Å². The molecule has 0 radical (unpaired) electrons. The van der Waals surface area contributed by atoms with Crippen LogP contribution >= 0.6 is 35.0 Å². The molecule has 1 aromatic carbocycles. The SMILES string of the molecule is CSc1ccc(Cl)c(C(=O)N2CCCCC2CCCl)c1. The predicted octanol–water partition coefficient (Wildman–Crippen LogP) is 4.69. The van der Waals surface area contributed by atoms with Crippen molar-refractivity contribution in [3.8, 4) is 0 Å². The molecule has 1 unspecified atom stereocenters. The summed E-state index contributed by atoms with van der Waals surface area (Å²) in [6.07, 6.45) is 6.12. The first kappa shape index (κ1) is 16.0. The molecule has 5 heteroatoms. The fourth-order valence-corrected chi connectivity index (χ4v) is 3.53. The quantitative estimate of drug-likeness (QED) is 0.589. The molecule has 1 saturated heterocycles. The standard InChI is InChI=1S/C15H19Cl2NOS/c1-20-12-5-6-14(17)13(10-12)15(19)18-9-3-2-4-11(18)7-8-16/h5-6,10-11H,2-4,7-9H2,1H3. The van der Waals surface area contributed by atoms with E-state index in [1.54, 1.807) is 17.8 Å². The Balaban J connectivity index is 2.24. The van der Waals surface area contributed by atoms with Crippen molar-refractivity contribution in [2.24, 2.45) is 0 Å². The Morgan fingerprint density at radius 2 is 2.25 bits per heavy atom. The van der Waals surface area contributed by atoms with Gasteiger partial charge in [-0.05, 0) is 50.1 Å². The lowest BCUT2D eigenvalue weighted by Gasteiger charge is -2.35. The molecule has 0 saturated carbocycles. The molecule has 0 aliphatic carbocycles. The molecular formula is C15H19Cl2NOS. The lowest BCUT2D eigenvalue weighted by molar-refractivity contribution is 0.0609. The van der Waals surface area contributed by atoms with Gasteiger partial charge in [0.1, 0.15) is 0 Å².